The molecule has 0 atom stereocenters. The van der Waals surface area contributed by atoms with E-state index >= 15 is 0 Å². The van der Waals surface area contributed by atoms with Crippen LogP contribution in [0.1, 0.15) is 16.8 Å². The van der Waals surface area contributed by atoms with Crippen LogP contribution in [0.25, 0.3) is 12.2 Å². The lowest BCUT2D eigenvalue weighted by Crippen LogP contribution is -1.93. The summed E-state index contributed by atoms with van der Waals surface area (Å²) >= 11 is 0. The van der Waals surface area contributed by atoms with Crippen LogP contribution < -0.4 is 5.73 Å². The van der Waals surface area contributed by atoms with Crippen LogP contribution >= 0.6 is 0 Å². The van der Waals surface area contributed by atoms with Crippen molar-refractivity contribution in [3.8, 4) is 0 Å². The van der Waals surface area contributed by atoms with E-state index in [0.717, 1.165) is 11.3 Å². The Kier molecular flexibility index (Phi) is 3.01. The lowest BCUT2D eigenvalue weighted by atomic mass is 10.1. The van der Waals surface area contributed by atoms with Gasteiger partial charge in [-0.15, -0.1) is 0 Å². The lowest BCUT2D eigenvalue weighted by molar-refractivity contribution is 1.20. The molecule has 2 heteroatoms. The summed E-state index contributed by atoms with van der Waals surface area (Å²) in [6, 6.07) is 14.0. The fraction of sp³-hybridized carbons (Fsp3) is 0.0714. The molecule has 2 aromatic rings. The summed E-state index contributed by atoms with van der Waals surface area (Å²) in [6.07, 6.45) is 4.12. The van der Waals surface area contributed by atoms with Gasteiger partial charge in [-0.3, -0.25) is 0 Å². The number of nitrogens with two attached hydrogens (primary N) is 1. The normalized spacial score (nSPS) is 10.8. The first-order chi connectivity index (χ1) is 7.75. The SMILES string of the molecule is Cc1nc(N)ccc1/C=C/c1ccccc1. The summed E-state index contributed by atoms with van der Waals surface area (Å²) in [5.74, 6) is 0.564. The van der Waals surface area contributed by atoms with E-state index in [0.29, 0.717) is 5.82 Å². The second-order valence-corrected chi connectivity index (χ2v) is 3.65. The van der Waals surface area contributed by atoms with Crippen LogP contribution in [0.3, 0.4) is 0 Å². The first kappa shape index (κ1) is 10.4. The number of aryl methyl sites for hydroxylation is 1. The minimum Gasteiger partial charge on any atom is -0.384 e. The zero-order valence-corrected chi connectivity index (χ0v) is 9.22. The molecule has 0 saturated heterocycles. The van der Waals surface area contributed by atoms with Crippen LogP contribution in [0, 0.1) is 6.92 Å². The van der Waals surface area contributed by atoms with E-state index in [4.69, 9.17) is 5.73 Å². The first-order valence-corrected chi connectivity index (χ1v) is 5.22. The molecule has 1 aromatic heterocycles. The minimum absolute atomic E-state index is 0.564. The molecule has 0 fully saturated rings. The van der Waals surface area contributed by atoms with E-state index in [2.05, 4.69) is 29.3 Å². The molecule has 0 amide bonds. The van der Waals surface area contributed by atoms with Gasteiger partial charge in [0.25, 0.3) is 0 Å². The molecule has 0 radical (unpaired) electrons. The smallest absolute Gasteiger partial charge is 0.123 e. The van der Waals surface area contributed by atoms with Gasteiger partial charge in [0.1, 0.15) is 5.82 Å². The third-order valence-electron chi connectivity index (χ3n) is 2.40. The monoisotopic (exact) mass is 210 g/mol. The Labute approximate surface area is 95.5 Å². The van der Waals surface area contributed by atoms with Gasteiger partial charge in [0.05, 0.1) is 0 Å². The predicted octanol–water partition coefficient (Wildman–Crippen LogP) is 3.14. The molecule has 0 saturated carbocycles. The number of nitrogens with zero attached hydrogens (tertiary/aromatic N) is 1. The van der Waals surface area contributed by atoms with E-state index in [1.54, 1.807) is 0 Å². The maximum Gasteiger partial charge on any atom is 0.123 e. The van der Waals surface area contributed by atoms with Gasteiger partial charge in [-0.05, 0) is 30.2 Å². The van der Waals surface area contributed by atoms with E-state index in [-0.39, 0.29) is 0 Å². The van der Waals surface area contributed by atoms with Crippen LogP contribution in [-0.2, 0) is 0 Å². The Hall–Kier alpha value is -2.09. The Morgan fingerprint density at radius 2 is 1.75 bits per heavy atom. The summed E-state index contributed by atoms with van der Waals surface area (Å²) < 4.78 is 0. The van der Waals surface area contributed by atoms with Crippen LogP contribution in [0.4, 0.5) is 5.82 Å². The lowest BCUT2D eigenvalue weighted by Gasteiger charge is -2.00. The number of aromatic nitrogens is 1. The molecule has 0 aliphatic heterocycles. The molecule has 1 heterocycles. The topological polar surface area (TPSA) is 38.9 Å². The molecule has 2 nitrogen and oxygen atoms in total. The molecule has 0 aliphatic carbocycles. The third-order valence-corrected chi connectivity index (χ3v) is 2.40. The average Bonchev–Trinajstić information content (AvgIpc) is 2.29. The Morgan fingerprint density at radius 3 is 2.44 bits per heavy atom. The van der Waals surface area contributed by atoms with Crippen molar-refractivity contribution in [3.05, 3.63) is 59.3 Å². The molecule has 16 heavy (non-hydrogen) atoms. The molecule has 0 spiro atoms. The van der Waals surface area contributed by atoms with Gasteiger partial charge in [0.2, 0.25) is 0 Å². The van der Waals surface area contributed by atoms with Crippen molar-refractivity contribution in [1.29, 1.82) is 0 Å². The van der Waals surface area contributed by atoms with Crippen molar-refractivity contribution in [2.75, 3.05) is 5.73 Å². The van der Waals surface area contributed by atoms with Gasteiger partial charge in [-0.2, -0.15) is 0 Å². The quantitative estimate of drug-likeness (QED) is 0.827. The maximum absolute atomic E-state index is 5.60. The second-order valence-electron chi connectivity index (χ2n) is 3.65. The van der Waals surface area contributed by atoms with Crippen molar-refractivity contribution >= 4 is 18.0 Å². The fourth-order valence-corrected chi connectivity index (χ4v) is 1.52. The van der Waals surface area contributed by atoms with Gasteiger partial charge < -0.3 is 5.73 Å². The molecular weight excluding hydrogens is 196 g/mol. The van der Waals surface area contributed by atoms with Crippen molar-refractivity contribution in [2.24, 2.45) is 0 Å². The molecule has 80 valence electrons. The highest BCUT2D eigenvalue weighted by molar-refractivity contribution is 5.70. The molecule has 0 unspecified atom stereocenters. The van der Waals surface area contributed by atoms with Crippen LogP contribution in [0.2, 0.25) is 0 Å². The van der Waals surface area contributed by atoms with Gasteiger partial charge in [0.15, 0.2) is 0 Å². The molecule has 0 bridgehead atoms. The molecular formula is C14H14N2. The first-order valence-electron chi connectivity index (χ1n) is 5.22. The average molecular weight is 210 g/mol. The zero-order chi connectivity index (χ0) is 11.4. The fourth-order valence-electron chi connectivity index (χ4n) is 1.52. The Bertz CT molecular complexity index is 501. The van der Waals surface area contributed by atoms with Gasteiger partial charge in [-0.25, -0.2) is 4.98 Å². The van der Waals surface area contributed by atoms with E-state index in [1.165, 1.54) is 5.56 Å². The highest BCUT2D eigenvalue weighted by Gasteiger charge is 1.95. The summed E-state index contributed by atoms with van der Waals surface area (Å²) in [5, 5.41) is 0. The van der Waals surface area contributed by atoms with Crippen LogP contribution in [0.15, 0.2) is 42.5 Å². The Balaban J connectivity index is 2.24. The maximum atomic E-state index is 5.60. The van der Waals surface area contributed by atoms with Gasteiger partial charge in [0, 0.05) is 5.69 Å². The van der Waals surface area contributed by atoms with Crippen LogP contribution in [-0.4, -0.2) is 4.98 Å². The molecule has 2 N–H and O–H groups in total. The number of rotatable bonds is 2. The van der Waals surface area contributed by atoms with Gasteiger partial charge in [-0.1, -0.05) is 42.5 Å². The van der Waals surface area contributed by atoms with Crippen molar-refractivity contribution in [2.45, 2.75) is 6.92 Å². The standard InChI is InChI=1S/C14H14N2/c1-11-13(9-10-14(15)16-11)8-7-12-5-3-2-4-6-12/h2-10H,1H3,(H2,15,16)/b8-7+. The van der Waals surface area contributed by atoms with E-state index < -0.39 is 0 Å². The van der Waals surface area contributed by atoms with Crippen molar-refractivity contribution < 1.29 is 0 Å². The van der Waals surface area contributed by atoms with Gasteiger partial charge >= 0.3 is 0 Å². The number of anilines is 1. The number of nitrogen functional groups attached to an aromatic ring is 1. The van der Waals surface area contributed by atoms with Crippen molar-refractivity contribution in [3.63, 3.8) is 0 Å². The molecule has 2 rings (SSSR count). The van der Waals surface area contributed by atoms with Crippen molar-refractivity contribution in [1.82, 2.24) is 4.98 Å². The minimum atomic E-state index is 0.564. The summed E-state index contributed by atoms with van der Waals surface area (Å²) in [6.45, 7) is 1.96. The number of benzene rings is 1. The Morgan fingerprint density at radius 1 is 1.00 bits per heavy atom. The highest BCUT2D eigenvalue weighted by Crippen LogP contribution is 2.12. The summed E-state index contributed by atoms with van der Waals surface area (Å²) in [4.78, 5) is 4.21. The zero-order valence-electron chi connectivity index (χ0n) is 9.22. The number of hydrogen-bond acceptors (Lipinski definition) is 2. The van der Waals surface area contributed by atoms with E-state index in [1.807, 2.05) is 37.3 Å². The molecule has 1 aromatic carbocycles. The number of hydrogen-bond donors (Lipinski definition) is 1. The van der Waals surface area contributed by atoms with Crippen LogP contribution in [0.5, 0.6) is 0 Å². The third kappa shape index (κ3) is 2.48. The molecule has 0 aliphatic rings. The van der Waals surface area contributed by atoms with E-state index in [9.17, 15) is 0 Å². The number of pyridine rings is 1. The predicted molar refractivity (Wildman–Crippen MR) is 68.8 cm³/mol. The second kappa shape index (κ2) is 4.62. The summed E-state index contributed by atoms with van der Waals surface area (Å²) in [7, 11) is 0. The highest BCUT2D eigenvalue weighted by atomic mass is 14.8. The summed E-state index contributed by atoms with van der Waals surface area (Å²) in [5.41, 5.74) is 8.83. The largest absolute Gasteiger partial charge is 0.384 e.